The van der Waals surface area contributed by atoms with E-state index >= 15 is 0 Å². The predicted molar refractivity (Wildman–Crippen MR) is 77.4 cm³/mol. The van der Waals surface area contributed by atoms with E-state index < -0.39 is 5.41 Å². The Hall–Kier alpha value is -2.06. The van der Waals surface area contributed by atoms with Gasteiger partial charge in [0.25, 0.3) is 0 Å². The van der Waals surface area contributed by atoms with E-state index in [2.05, 4.69) is 6.07 Å². The molecule has 5 nitrogen and oxygen atoms in total. The van der Waals surface area contributed by atoms with Gasteiger partial charge in [0.2, 0.25) is 0 Å². The predicted octanol–water partition coefficient (Wildman–Crippen LogP) is 2.58. The van der Waals surface area contributed by atoms with Crippen LogP contribution in [-0.2, 0) is 16.1 Å². The lowest BCUT2D eigenvalue weighted by atomic mass is 9.81. The SMILES string of the molecule is COCC1(C#N)CCN(C(=O)OCc2ccccc2)CC1. The van der Waals surface area contributed by atoms with Crippen LogP contribution in [0.2, 0.25) is 0 Å². The fourth-order valence-corrected chi connectivity index (χ4v) is 2.49. The second kappa shape index (κ2) is 7.09. The maximum absolute atomic E-state index is 12.0. The number of ether oxygens (including phenoxy) is 2. The van der Waals surface area contributed by atoms with E-state index in [-0.39, 0.29) is 12.7 Å². The molecule has 112 valence electrons. The van der Waals surface area contributed by atoms with Gasteiger partial charge in [-0.15, -0.1) is 0 Å². The van der Waals surface area contributed by atoms with Crippen LogP contribution in [0.25, 0.3) is 0 Å². The molecule has 0 saturated carbocycles. The van der Waals surface area contributed by atoms with Crippen LogP contribution in [0.4, 0.5) is 4.79 Å². The summed E-state index contributed by atoms with van der Waals surface area (Å²) in [4.78, 5) is 13.7. The Balaban J connectivity index is 1.82. The third-order valence-electron chi connectivity index (χ3n) is 3.84. The van der Waals surface area contributed by atoms with Crippen LogP contribution in [0.1, 0.15) is 18.4 Å². The summed E-state index contributed by atoms with van der Waals surface area (Å²) in [6.45, 7) is 1.75. The molecule has 0 aliphatic carbocycles. The van der Waals surface area contributed by atoms with E-state index in [0.29, 0.717) is 32.5 Å². The Bertz CT molecular complexity index is 502. The average Bonchev–Trinajstić information content (AvgIpc) is 2.54. The van der Waals surface area contributed by atoms with Gasteiger partial charge in [0.15, 0.2) is 0 Å². The number of rotatable bonds is 4. The third kappa shape index (κ3) is 3.96. The van der Waals surface area contributed by atoms with Gasteiger partial charge in [0.1, 0.15) is 6.61 Å². The van der Waals surface area contributed by atoms with Crippen LogP contribution in [0.5, 0.6) is 0 Å². The third-order valence-corrected chi connectivity index (χ3v) is 3.84. The zero-order valence-electron chi connectivity index (χ0n) is 12.2. The minimum atomic E-state index is -0.467. The van der Waals surface area contributed by atoms with Crippen LogP contribution in [0, 0.1) is 16.7 Å². The highest BCUT2D eigenvalue weighted by Gasteiger charge is 2.36. The highest BCUT2D eigenvalue weighted by molar-refractivity contribution is 5.67. The van der Waals surface area contributed by atoms with Crippen molar-refractivity contribution in [3.8, 4) is 6.07 Å². The monoisotopic (exact) mass is 288 g/mol. The van der Waals surface area contributed by atoms with Crippen LogP contribution < -0.4 is 0 Å². The normalized spacial score (nSPS) is 17.0. The van der Waals surface area contributed by atoms with Gasteiger partial charge in [-0.05, 0) is 18.4 Å². The average molecular weight is 288 g/mol. The topological polar surface area (TPSA) is 62.6 Å². The van der Waals surface area contributed by atoms with Gasteiger partial charge in [0.05, 0.1) is 18.1 Å². The van der Waals surface area contributed by atoms with Gasteiger partial charge in [-0.3, -0.25) is 0 Å². The number of carbonyl (C=O) groups is 1. The molecule has 1 amide bonds. The van der Waals surface area contributed by atoms with Crippen LogP contribution in [0.3, 0.4) is 0 Å². The molecule has 0 bridgehead atoms. The molecule has 1 saturated heterocycles. The van der Waals surface area contributed by atoms with Crippen molar-refractivity contribution in [1.29, 1.82) is 5.26 Å². The van der Waals surface area contributed by atoms with E-state index in [4.69, 9.17) is 9.47 Å². The Morgan fingerprint density at radius 2 is 2.00 bits per heavy atom. The van der Waals surface area contributed by atoms with Crippen LogP contribution in [-0.4, -0.2) is 37.8 Å². The fourth-order valence-electron chi connectivity index (χ4n) is 2.49. The molecule has 0 radical (unpaired) electrons. The zero-order valence-corrected chi connectivity index (χ0v) is 12.2. The Morgan fingerprint density at radius 3 is 2.57 bits per heavy atom. The number of carbonyl (C=O) groups excluding carboxylic acids is 1. The number of hydrogen-bond donors (Lipinski definition) is 0. The van der Waals surface area contributed by atoms with Gasteiger partial charge in [-0.1, -0.05) is 30.3 Å². The van der Waals surface area contributed by atoms with Gasteiger partial charge in [0, 0.05) is 20.2 Å². The first-order valence-corrected chi connectivity index (χ1v) is 7.05. The van der Waals surface area contributed by atoms with Crippen molar-refractivity contribution < 1.29 is 14.3 Å². The Kier molecular flexibility index (Phi) is 5.18. The highest BCUT2D eigenvalue weighted by atomic mass is 16.6. The molecule has 0 unspecified atom stereocenters. The molecule has 5 heteroatoms. The minimum Gasteiger partial charge on any atom is -0.445 e. The first kappa shape index (κ1) is 15.3. The van der Waals surface area contributed by atoms with Crippen LogP contribution in [0.15, 0.2) is 30.3 Å². The summed E-state index contributed by atoms with van der Waals surface area (Å²) in [6, 6.07) is 11.9. The lowest BCUT2D eigenvalue weighted by molar-refractivity contribution is 0.0437. The van der Waals surface area contributed by atoms with Crippen molar-refractivity contribution in [1.82, 2.24) is 4.90 Å². The highest BCUT2D eigenvalue weighted by Crippen LogP contribution is 2.31. The second-order valence-corrected chi connectivity index (χ2v) is 5.35. The van der Waals surface area contributed by atoms with Gasteiger partial charge < -0.3 is 14.4 Å². The van der Waals surface area contributed by atoms with Crippen molar-refractivity contribution >= 4 is 6.09 Å². The quantitative estimate of drug-likeness (QED) is 0.854. The maximum atomic E-state index is 12.0. The van der Waals surface area contributed by atoms with Crippen molar-refractivity contribution in [3.05, 3.63) is 35.9 Å². The lowest BCUT2D eigenvalue weighted by Crippen LogP contribution is -2.44. The summed E-state index contributed by atoms with van der Waals surface area (Å²) in [6.07, 6.45) is 0.929. The number of nitriles is 1. The summed E-state index contributed by atoms with van der Waals surface area (Å²) in [5, 5.41) is 9.28. The number of likely N-dealkylation sites (tertiary alicyclic amines) is 1. The molecule has 1 heterocycles. The number of amides is 1. The smallest absolute Gasteiger partial charge is 0.410 e. The maximum Gasteiger partial charge on any atom is 0.410 e. The van der Waals surface area contributed by atoms with E-state index in [1.165, 1.54) is 0 Å². The zero-order chi connectivity index (χ0) is 15.1. The van der Waals surface area contributed by atoms with Gasteiger partial charge >= 0.3 is 6.09 Å². The van der Waals surface area contributed by atoms with Gasteiger partial charge in [-0.25, -0.2) is 4.79 Å². The largest absolute Gasteiger partial charge is 0.445 e. The number of benzene rings is 1. The number of piperidine rings is 1. The fraction of sp³-hybridized carbons (Fsp3) is 0.500. The summed E-state index contributed by atoms with van der Waals surface area (Å²) < 4.78 is 10.4. The van der Waals surface area contributed by atoms with Crippen molar-refractivity contribution in [2.24, 2.45) is 5.41 Å². The molecule has 1 aliphatic heterocycles. The molecule has 0 aromatic heterocycles. The molecule has 1 aromatic rings. The number of hydrogen-bond acceptors (Lipinski definition) is 4. The summed E-state index contributed by atoms with van der Waals surface area (Å²) in [7, 11) is 1.60. The molecular weight excluding hydrogens is 268 g/mol. The molecule has 1 aliphatic rings. The number of nitrogens with zero attached hydrogens (tertiary/aromatic N) is 2. The van der Waals surface area contributed by atoms with Crippen molar-refractivity contribution in [3.63, 3.8) is 0 Å². The van der Waals surface area contributed by atoms with E-state index in [0.717, 1.165) is 5.56 Å². The first-order valence-electron chi connectivity index (χ1n) is 7.05. The van der Waals surface area contributed by atoms with E-state index in [1.54, 1.807) is 12.0 Å². The standard InChI is InChI=1S/C16H20N2O3/c1-20-13-16(12-17)7-9-18(10-8-16)15(19)21-11-14-5-3-2-4-6-14/h2-6H,7-11,13H2,1H3. The summed E-state index contributed by atoms with van der Waals surface area (Å²) in [5.74, 6) is 0. The molecular formula is C16H20N2O3. The van der Waals surface area contributed by atoms with Crippen molar-refractivity contribution in [2.75, 3.05) is 26.8 Å². The van der Waals surface area contributed by atoms with Crippen LogP contribution >= 0.6 is 0 Å². The Labute approximate surface area is 125 Å². The molecule has 2 rings (SSSR count). The summed E-state index contributed by atoms with van der Waals surface area (Å²) in [5.41, 5.74) is 0.499. The molecule has 1 aromatic carbocycles. The molecule has 21 heavy (non-hydrogen) atoms. The Morgan fingerprint density at radius 1 is 1.33 bits per heavy atom. The molecule has 0 atom stereocenters. The minimum absolute atomic E-state index is 0.275. The number of methoxy groups -OCH3 is 1. The summed E-state index contributed by atoms with van der Waals surface area (Å²) >= 11 is 0. The second-order valence-electron chi connectivity index (χ2n) is 5.35. The molecule has 1 fully saturated rings. The van der Waals surface area contributed by atoms with E-state index in [1.807, 2.05) is 30.3 Å². The van der Waals surface area contributed by atoms with E-state index in [9.17, 15) is 10.1 Å². The first-order chi connectivity index (χ1) is 10.2. The van der Waals surface area contributed by atoms with Gasteiger partial charge in [-0.2, -0.15) is 5.26 Å². The lowest BCUT2D eigenvalue weighted by Gasteiger charge is -2.36. The van der Waals surface area contributed by atoms with Crippen molar-refractivity contribution in [2.45, 2.75) is 19.4 Å². The molecule has 0 spiro atoms. The molecule has 0 N–H and O–H groups in total.